The fourth-order valence-electron chi connectivity index (χ4n) is 6.11. The Balaban J connectivity index is 1.36. The van der Waals surface area contributed by atoms with Gasteiger partial charge in [0.25, 0.3) is 0 Å². The average molecular weight is 660 g/mol. The number of aromatic amines is 2. The Morgan fingerprint density at radius 2 is 1.43 bits per heavy atom. The second-order valence-electron chi connectivity index (χ2n) is 14.2. The summed E-state index contributed by atoms with van der Waals surface area (Å²) < 4.78 is 7.60. The largest absolute Gasteiger partial charge is 0.444 e. The molecule has 0 saturated heterocycles. The monoisotopic (exact) mass is 659 g/mol. The Morgan fingerprint density at radius 3 is 2.08 bits per heavy atom. The molecule has 3 aromatic carbocycles. The van der Waals surface area contributed by atoms with Gasteiger partial charge in [-0.25, -0.2) is 4.79 Å². The van der Waals surface area contributed by atoms with Crippen LogP contribution in [0, 0.1) is 6.92 Å². The first kappa shape index (κ1) is 33.5. The molecule has 0 saturated carbocycles. The molecule has 0 fully saturated rings. The highest BCUT2D eigenvalue weighted by Crippen LogP contribution is 2.27. The molecule has 0 radical (unpaired) electrons. The second kappa shape index (κ2) is 13.6. The van der Waals surface area contributed by atoms with Crippen molar-refractivity contribution >= 4 is 33.8 Å². The van der Waals surface area contributed by atoms with Gasteiger partial charge >= 0.3 is 6.09 Å². The number of fused-ring (bicyclic) bond motifs is 2. The molecule has 6 rings (SSSR count). The van der Waals surface area contributed by atoms with E-state index in [1.54, 1.807) is 34.6 Å². The van der Waals surface area contributed by atoms with Gasteiger partial charge in [0.05, 0.1) is 12.6 Å². The van der Waals surface area contributed by atoms with Crippen LogP contribution in [0.5, 0.6) is 0 Å². The molecule has 0 bridgehead atoms. The quantitative estimate of drug-likeness (QED) is 0.118. The summed E-state index contributed by atoms with van der Waals surface area (Å²) in [5, 5.41) is 17.7. The molecule has 3 heterocycles. The topological polar surface area (TPSA) is 130 Å². The Hall–Kier alpha value is -5.38. The minimum atomic E-state index is -1.28. The lowest BCUT2D eigenvalue weighted by molar-refractivity contribution is -0.127. The summed E-state index contributed by atoms with van der Waals surface area (Å²) in [6.45, 7) is 11.3. The molecular weight excluding hydrogens is 614 g/mol. The molecule has 0 aliphatic carbocycles. The van der Waals surface area contributed by atoms with Gasteiger partial charge in [0.1, 0.15) is 17.0 Å². The minimum absolute atomic E-state index is 0.367. The molecule has 0 aliphatic heterocycles. The number of aromatic nitrogens is 5. The molecule has 6 aromatic rings. The van der Waals surface area contributed by atoms with Gasteiger partial charge in [-0.3, -0.25) is 4.79 Å². The van der Waals surface area contributed by atoms with Gasteiger partial charge in [0, 0.05) is 47.0 Å². The third-order valence-corrected chi connectivity index (χ3v) is 8.71. The number of rotatable bonds is 11. The number of nitrogens with one attached hydrogen (secondary N) is 4. The number of alkyl carbamates (subject to hydrolysis) is 1. The summed E-state index contributed by atoms with van der Waals surface area (Å²) in [7, 11) is 0. The van der Waals surface area contributed by atoms with Crippen LogP contribution in [0.4, 0.5) is 4.79 Å². The number of carbonyl (C=O) groups excluding carboxylic acids is 2. The molecule has 49 heavy (non-hydrogen) atoms. The summed E-state index contributed by atoms with van der Waals surface area (Å²) in [5.74, 6) is 1.10. The highest BCUT2D eigenvalue weighted by molar-refractivity contribution is 5.89. The van der Waals surface area contributed by atoms with Gasteiger partial charge in [0.2, 0.25) is 5.91 Å². The third kappa shape index (κ3) is 7.85. The van der Waals surface area contributed by atoms with Crippen LogP contribution in [-0.2, 0) is 35.3 Å². The van der Waals surface area contributed by atoms with Crippen molar-refractivity contribution in [2.24, 2.45) is 0 Å². The Morgan fingerprint density at radius 1 is 0.816 bits per heavy atom. The zero-order valence-corrected chi connectivity index (χ0v) is 29.1. The van der Waals surface area contributed by atoms with E-state index >= 15 is 0 Å². The van der Waals surface area contributed by atoms with Gasteiger partial charge in [0.15, 0.2) is 5.82 Å². The smallest absolute Gasteiger partial charge is 0.408 e. The number of benzene rings is 3. The van der Waals surface area contributed by atoms with E-state index in [9.17, 15) is 9.59 Å². The fraction of sp³-hybridized carbons (Fsp3) is 0.333. The molecule has 0 unspecified atom stereocenters. The molecule has 1 atom stereocenters. The van der Waals surface area contributed by atoms with E-state index in [4.69, 9.17) is 14.9 Å². The van der Waals surface area contributed by atoms with Gasteiger partial charge < -0.3 is 29.9 Å². The molecule has 10 heteroatoms. The SMILES string of the molecule is Cc1ccc(Cn2c(CCc3c[nH]c4ccccc34)nnc2[C@@H](Cc2c[nH]c3ccccc23)NC(=O)C(C)(C)NC(=O)OC(C)(C)C)cc1. The number of ether oxygens (including phenoxy) is 1. The first-order chi connectivity index (χ1) is 23.4. The van der Waals surface area contributed by atoms with Crippen molar-refractivity contribution in [1.29, 1.82) is 0 Å². The van der Waals surface area contributed by atoms with Crippen LogP contribution in [0.1, 0.15) is 74.6 Å². The number of H-pyrrole nitrogens is 2. The van der Waals surface area contributed by atoms with Crippen molar-refractivity contribution in [2.75, 3.05) is 0 Å². The predicted molar refractivity (Wildman–Crippen MR) is 192 cm³/mol. The molecule has 4 N–H and O–H groups in total. The van der Waals surface area contributed by atoms with Crippen LogP contribution in [0.2, 0.25) is 0 Å². The maximum atomic E-state index is 14.0. The lowest BCUT2D eigenvalue weighted by atomic mass is 10.0. The zero-order chi connectivity index (χ0) is 34.8. The van der Waals surface area contributed by atoms with E-state index < -0.39 is 23.3 Å². The molecule has 0 spiro atoms. The van der Waals surface area contributed by atoms with Crippen molar-refractivity contribution < 1.29 is 14.3 Å². The van der Waals surface area contributed by atoms with Crippen LogP contribution in [0.3, 0.4) is 0 Å². The number of para-hydroxylation sites is 2. The number of nitrogens with zero attached hydrogens (tertiary/aromatic N) is 3. The molecule has 2 amide bonds. The van der Waals surface area contributed by atoms with E-state index in [1.165, 1.54) is 16.5 Å². The fourth-order valence-corrected chi connectivity index (χ4v) is 6.11. The van der Waals surface area contributed by atoms with Gasteiger partial charge in [-0.05, 0) is 76.8 Å². The molecule has 254 valence electrons. The summed E-state index contributed by atoms with van der Waals surface area (Å²) in [6.07, 6.45) is 5.25. The van der Waals surface area contributed by atoms with Gasteiger partial charge in [-0.1, -0.05) is 66.2 Å². The van der Waals surface area contributed by atoms with Crippen LogP contribution in [-0.4, -0.2) is 47.9 Å². The number of amides is 2. The van der Waals surface area contributed by atoms with Crippen LogP contribution >= 0.6 is 0 Å². The van der Waals surface area contributed by atoms with Crippen molar-refractivity contribution in [1.82, 2.24) is 35.4 Å². The maximum absolute atomic E-state index is 14.0. The number of carbonyl (C=O) groups is 2. The lowest BCUT2D eigenvalue weighted by Gasteiger charge is -2.29. The van der Waals surface area contributed by atoms with Gasteiger partial charge in [-0.15, -0.1) is 10.2 Å². The van der Waals surface area contributed by atoms with E-state index in [1.807, 2.05) is 30.5 Å². The van der Waals surface area contributed by atoms with E-state index in [-0.39, 0.29) is 5.91 Å². The van der Waals surface area contributed by atoms with E-state index in [0.29, 0.717) is 25.2 Å². The predicted octanol–water partition coefficient (Wildman–Crippen LogP) is 7.09. The normalized spacial score (nSPS) is 12.7. The Kier molecular flexibility index (Phi) is 9.32. The Bertz CT molecular complexity index is 2080. The lowest BCUT2D eigenvalue weighted by Crippen LogP contribution is -2.56. The number of hydrogen-bond donors (Lipinski definition) is 4. The standard InChI is InChI=1S/C39H45N7O3/c1-25-15-17-26(18-16-25)24-46-34(20-19-27-22-40-31-13-9-7-11-29(27)31)44-45-35(46)33(21-28-23-41-32-14-10-8-12-30(28)32)42-36(47)39(5,6)43-37(48)49-38(2,3)4/h7-18,22-23,33,40-41H,19-21,24H2,1-6H3,(H,42,47)(H,43,48)/t33-/m1/s1. The van der Waals surface area contributed by atoms with Crippen LogP contribution in [0.25, 0.3) is 21.8 Å². The number of hydrogen-bond acceptors (Lipinski definition) is 5. The minimum Gasteiger partial charge on any atom is -0.444 e. The molecule has 10 nitrogen and oxygen atoms in total. The highest BCUT2D eigenvalue weighted by atomic mass is 16.6. The first-order valence-electron chi connectivity index (χ1n) is 16.8. The maximum Gasteiger partial charge on any atom is 0.408 e. The van der Waals surface area contributed by atoms with Crippen molar-refractivity contribution in [2.45, 2.75) is 84.5 Å². The summed E-state index contributed by atoms with van der Waals surface area (Å²) in [4.78, 5) is 33.5. The zero-order valence-electron chi connectivity index (χ0n) is 29.1. The van der Waals surface area contributed by atoms with Crippen molar-refractivity contribution in [3.63, 3.8) is 0 Å². The van der Waals surface area contributed by atoms with Crippen LogP contribution < -0.4 is 10.6 Å². The summed E-state index contributed by atoms with van der Waals surface area (Å²) in [5.41, 5.74) is 4.65. The van der Waals surface area contributed by atoms with Crippen LogP contribution in [0.15, 0.2) is 85.2 Å². The second-order valence-corrected chi connectivity index (χ2v) is 14.2. The summed E-state index contributed by atoms with van der Waals surface area (Å²) in [6, 6.07) is 24.2. The van der Waals surface area contributed by atoms with E-state index in [2.05, 4.69) is 86.8 Å². The molecule has 0 aliphatic rings. The average Bonchev–Trinajstić information content (AvgIpc) is 3.76. The first-order valence-corrected chi connectivity index (χ1v) is 16.8. The molecular formula is C39H45N7O3. The summed E-state index contributed by atoms with van der Waals surface area (Å²) >= 11 is 0. The Labute approximate surface area is 286 Å². The van der Waals surface area contributed by atoms with Crippen molar-refractivity contribution in [3.05, 3.63) is 119 Å². The van der Waals surface area contributed by atoms with Crippen molar-refractivity contribution in [3.8, 4) is 0 Å². The third-order valence-electron chi connectivity index (χ3n) is 8.71. The highest BCUT2D eigenvalue weighted by Gasteiger charge is 2.35. The van der Waals surface area contributed by atoms with E-state index in [0.717, 1.165) is 39.8 Å². The number of aryl methyl sites for hydroxylation is 3. The van der Waals surface area contributed by atoms with Gasteiger partial charge in [-0.2, -0.15) is 0 Å². The molecule has 3 aromatic heterocycles.